The van der Waals surface area contributed by atoms with Crippen molar-refractivity contribution in [2.75, 3.05) is 49.7 Å². The molecule has 2 aliphatic heterocycles. The number of sulfonamides is 1. The minimum atomic E-state index is -3.66. The van der Waals surface area contributed by atoms with Crippen molar-refractivity contribution in [3.05, 3.63) is 68.4 Å². The van der Waals surface area contributed by atoms with Gasteiger partial charge in [0.1, 0.15) is 0 Å². The van der Waals surface area contributed by atoms with Gasteiger partial charge in [-0.1, -0.05) is 34.8 Å². The molecule has 0 unspecified atom stereocenters. The second kappa shape index (κ2) is 11.7. The van der Waals surface area contributed by atoms with Crippen molar-refractivity contribution in [1.29, 1.82) is 0 Å². The standard InChI is InChI=1S/C27H30Cl3N5O3S/c1-18-13-20(17-31-32-27-23(29)14-21(28)15-24(27)30)19(2)35(18)26-16-22(5-6-25(26)33-7-3-4-8-33)39(36,37)34-9-11-38-12-10-34/h5-6,13-17,32H,3-4,7-12H2,1-2H3/b31-17-. The predicted octanol–water partition coefficient (Wildman–Crippen LogP) is 6.12. The summed E-state index contributed by atoms with van der Waals surface area (Å²) < 4.78 is 36.0. The molecule has 1 N–H and O–H groups in total. The van der Waals surface area contributed by atoms with E-state index in [-0.39, 0.29) is 4.90 Å². The van der Waals surface area contributed by atoms with E-state index in [1.165, 1.54) is 4.31 Å². The zero-order valence-electron chi connectivity index (χ0n) is 21.8. The van der Waals surface area contributed by atoms with Gasteiger partial charge < -0.3 is 14.2 Å². The van der Waals surface area contributed by atoms with Gasteiger partial charge in [0.05, 0.1) is 51.4 Å². The van der Waals surface area contributed by atoms with Crippen LogP contribution >= 0.6 is 34.8 Å². The molecule has 2 aromatic carbocycles. The smallest absolute Gasteiger partial charge is 0.243 e. The summed E-state index contributed by atoms with van der Waals surface area (Å²) in [6.45, 7) is 7.36. The van der Waals surface area contributed by atoms with Gasteiger partial charge in [0, 0.05) is 48.2 Å². The fourth-order valence-electron chi connectivity index (χ4n) is 5.11. The Morgan fingerprint density at radius 1 is 0.923 bits per heavy atom. The van der Waals surface area contributed by atoms with Crippen LogP contribution in [0.3, 0.4) is 0 Å². The highest BCUT2D eigenvalue weighted by atomic mass is 35.5. The summed E-state index contributed by atoms with van der Waals surface area (Å²) in [5.74, 6) is 0. The van der Waals surface area contributed by atoms with E-state index in [2.05, 4.69) is 20.0 Å². The highest BCUT2D eigenvalue weighted by molar-refractivity contribution is 7.89. The second-order valence-corrected chi connectivity index (χ2v) is 12.8. The Balaban J connectivity index is 1.52. The molecule has 1 aromatic heterocycles. The van der Waals surface area contributed by atoms with Gasteiger partial charge in [-0.3, -0.25) is 5.43 Å². The molecule has 0 radical (unpaired) electrons. The number of halogens is 3. The average Bonchev–Trinajstić information content (AvgIpc) is 3.54. The Kier molecular flexibility index (Phi) is 8.47. The molecule has 2 saturated heterocycles. The first-order valence-electron chi connectivity index (χ1n) is 12.8. The van der Waals surface area contributed by atoms with Gasteiger partial charge in [0.15, 0.2) is 0 Å². The minimum absolute atomic E-state index is 0.277. The van der Waals surface area contributed by atoms with Crippen LogP contribution in [0.2, 0.25) is 15.1 Å². The molecule has 8 nitrogen and oxygen atoms in total. The lowest BCUT2D eigenvalue weighted by Gasteiger charge is -2.28. The summed E-state index contributed by atoms with van der Waals surface area (Å²) in [5.41, 5.74) is 7.96. The third kappa shape index (κ3) is 5.80. The summed E-state index contributed by atoms with van der Waals surface area (Å²) in [5, 5.41) is 5.53. The fourth-order valence-corrected chi connectivity index (χ4v) is 7.44. The van der Waals surface area contributed by atoms with E-state index in [0.29, 0.717) is 47.1 Å². The van der Waals surface area contributed by atoms with Gasteiger partial charge in [0.2, 0.25) is 10.0 Å². The summed E-state index contributed by atoms with van der Waals surface area (Å²) in [4.78, 5) is 2.60. The van der Waals surface area contributed by atoms with E-state index in [9.17, 15) is 8.42 Å². The number of aromatic nitrogens is 1. The molecule has 3 heterocycles. The second-order valence-electron chi connectivity index (χ2n) is 9.64. The Labute approximate surface area is 244 Å². The third-order valence-electron chi connectivity index (χ3n) is 7.10. The van der Waals surface area contributed by atoms with E-state index < -0.39 is 10.0 Å². The number of ether oxygens (including phenoxy) is 1. The quantitative estimate of drug-likeness (QED) is 0.258. The largest absolute Gasteiger partial charge is 0.379 e. The maximum atomic E-state index is 13.5. The van der Waals surface area contributed by atoms with E-state index in [0.717, 1.165) is 54.3 Å². The Morgan fingerprint density at radius 3 is 2.26 bits per heavy atom. The van der Waals surface area contributed by atoms with Crippen LogP contribution < -0.4 is 10.3 Å². The van der Waals surface area contributed by atoms with E-state index in [4.69, 9.17) is 39.5 Å². The lowest BCUT2D eigenvalue weighted by Crippen LogP contribution is -2.40. The van der Waals surface area contributed by atoms with E-state index in [1.54, 1.807) is 30.5 Å². The van der Waals surface area contributed by atoms with Crippen LogP contribution in [-0.4, -0.2) is 62.9 Å². The molecule has 5 rings (SSSR count). The van der Waals surface area contributed by atoms with Crippen molar-refractivity contribution >= 4 is 62.4 Å². The van der Waals surface area contributed by atoms with Crippen LogP contribution in [0.1, 0.15) is 29.8 Å². The number of hydrogen-bond acceptors (Lipinski definition) is 6. The van der Waals surface area contributed by atoms with Crippen LogP contribution in [0, 0.1) is 13.8 Å². The molecule has 0 saturated carbocycles. The maximum absolute atomic E-state index is 13.5. The first kappa shape index (κ1) is 28.3. The predicted molar refractivity (Wildman–Crippen MR) is 159 cm³/mol. The van der Waals surface area contributed by atoms with Gasteiger partial charge >= 0.3 is 0 Å². The van der Waals surface area contributed by atoms with E-state index >= 15 is 0 Å². The number of nitrogens with zero attached hydrogens (tertiary/aromatic N) is 4. The first-order chi connectivity index (χ1) is 18.7. The molecule has 0 atom stereocenters. The van der Waals surface area contributed by atoms with Crippen LogP contribution in [-0.2, 0) is 14.8 Å². The molecule has 0 bridgehead atoms. The lowest BCUT2D eigenvalue weighted by atomic mass is 10.2. The van der Waals surface area contributed by atoms with Crippen molar-refractivity contribution in [2.45, 2.75) is 31.6 Å². The van der Waals surface area contributed by atoms with Crippen LogP contribution in [0.15, 0.2) is 46.4 Å². The summed E-state index contributed by atoms with van der Waals surface area (Å²) >= 11 is 18.5. The first-order valence-corrected chi connectivity index (χ1v) is 15.3. The van der Waals surface area contributed by atoms with Crippen molar-refractivity contribution in [3.8, 4) is 5.69 Å². The molecule has 0 aliphatic carbocycles. The minimum Gasteiger partial charge on any atom is -0.379 e. The zero-order valence-corrected chi connectivity index (χ0v) is 24.8. The van der Waals surface area contributed by atoms with Gasteiger partial charge in [0.25, 0.3) is 0 Å². The molecule has 2 aliphatic rings. The molecule has 208 valence electrons. The zero-order chi connectivity index (χ0) is 27.7. The van der Waals surface area contributed by atoms with Gasteiger partial charge in [-0.25, -0.2) is 8.42 Å². The van der Waals surface area contributed by atoms with Crippen molar-refractivity contribution in [1.82, 2.24) is 8.87 Å². The third-order valence-corrected chi connectivity index (χ3v) is 9.81. The maximum Gasteiger partial charge on any atom is 0.243 e. The topological polar surface area (TPSA) is 79.2 Å². The molecular weight excluding hydrogens is 581 g/mol. The number of nitrogens with one attached hydrogen (secondary N) is 1. The van der Waals surface area contributed by atoms with Crippen LogP contribution in [0.25, 0.3) is 5.69 Å². The van der Waals surface area contributed by atoms with Gasteiger partial charge in [-0.15, -0.1) is 0 Å². The number of benzene rings is 2. The van der Waals surface area contributed by atoms with Crippen LogP contribution in [0.4, 0.5) is 11.4 Å². The fraction of sp³-hybridized carbons (Fsp3) is 0.370. The number of hydrazone groups is 1. The highest BCUT2D eigenvalue weighted by Gasteiger charge is 2.28. The molecule has 0 spiro atoms. The number of aryl methyl sites for hydroxylation is 1. The van der Waals surface area contributed by atoms with Crippen molar-refractivity contribution in [3.63, 3.8) is 0 Å². The SMILES string of the molecule is Cc1cc(/C=N\Nc2c(Cl)cc(Cl)cc2Cl)c(C)n1-c1cc(S(=O)(=O)N2CCOCC2)ccc1N1CCCC1. The van der Waals surface area contributed by atoms with Gasteiger partial charge in [-0.05, 0) is 63.1 Å². The Hall–Kier alpha value is -2.27. The molecule has 12 heteroatoms. The van der Waals surface area contributed by atoms with Gasteiger partial charge in [-0.2, -0.15) is 9.41 Å². The molecule has 3 aromatic rings. The van der Waals surface area contributed by atoms with E-state index in [1.807, 2.05) is 26.0 Å². The van der Waals surface area contributed by atoms with Crippen molar-refractivity contribution < 1.29 is 13.2 Å². The summed E-state index contributed by atoms with van der Waals surface area (Å²) in [6.07, 6.45) is 3.91. The monoisotopic (exact) mass is 609 g/mol. The van der Waals surface area contributed by atoms with Crippen LogP contribution in [0.5, 0.6) is 0 Å². The lowest BCUT2D eigenvalue weighted by molar-refractivity contribution is 0.0730. The summed E-state index contributed by atoms with van der Waals surface area (Å²) in [6, 6.07) is 10.7. The Bertz CT molecular complexity index is 1490. The molecule has 0 amide bonds. The molecule has 39 heavy (non-hydrogen) atoms. The molecule has 2 fully saturated rings. The Morgan fingerprint density at radius 2 is 1.59 bits per heavy atom. The average molecular weight is 611 g/mol. The van der Waals surface area contributed by atoms with Crippen molar-refractivity contribution in [2.24, 2.45) is 5.10 Å². The number of anilines is 2. The number of hydrogen-bond donors (Lipinski definition) is 1. The molecular formula is C27H30Cl3N5O3S. The number of rotatable bonds is 7. The number of morpholine rings is 1. The normalized spacial score (nSPS) is 16.9. The highest BCUT2D eigenvalue weighted by Crippen LogP contribution is 2.35. The summed E-state index contributed by atoms with van der Waals surface area (Å²) in [7, 11) is -3.66.